The number of aliphatic hydroxyl groups is 1. The Hall–Kier alpha value is -2.96. The van der Waals surface area contributed by atoms with E-state index in [2.05, 4.69) is 10.4 Å². The van der Waals surface area contributed by atoms with Crippen molar-refractivity contribution in [3.63, 3.8) is 0 Å². The second-order valence-electron chi connectivity index (χ2n) is 8.10. The van der Waals surface area contributed by atoms with E-state index in [1.165, 1.54) is 0 Å². The van der Waals surface area contributed by atoms with E-state index in [9.17, 15) is 9.90 Å². The molecular weight excluding hydrogens is 378 g/mol. The number of carbonyl (C=O) groups excluding carboxylic acids is 1. The molecule has 3 aromatic rings. The van der Waals surface area contributed by atoms with Crippen LogP contribution in [0.2, 0.25) is 0 Å². The van der Waals surface area contributed by atoms with Crippen LogP contribution in [0.3, 0.4) is 0 Å². The van der Waals surface area contributed by atoms with Crippen molar-refractivity contribution in [2.75, 3.05) is 6.61 Å². The zero-order chi connectivity index (χ0) is 20.7. The molecule has 1 aromatic heterocycles. The van der Waals surface area contributed by atoms with E-state index in [0.717, 1.165) is 28.1 Å². The fourth-order valence-electron chi connectivity index (χ4n) is 4.69. The van der Waals surface area contributed by atoms with Crippen LogP contribution in [0.1, 0.15) is 41.0 Å². The minimum absolute atomic E-state index is 0.0872. The van der Waals surface area contributed by atoms with Crippen molar-refractivity contribution >= 4 is 5.91 Å². The third kappa shape index (κ3) is 3.22. The Balaban J connectivity index is 1.40. The van der Waals surface area contributed by atoms with Crippen molar-refractivity contribution in [1.82, 2.24) is 15.1 Å². The fourth-order valence-corrected chi connectivity index (χ4v) is 4.69. The Morgan fingerprint density at radius 1 is 1.17 bits per heavy atom. The molecule has 1 aliphatic carbocycles. The highest BCUT2D eigenvalue weighted by atomic mass is 16.5. The van der Waals surface area contributed by atoms with Crippen LogP contribution in [0, 0.1) is 12.8 Å². The molecule has 0 spiro atoms. The number of aliphatic hydroxyl groups excluding tert-OH is 1. The van der Waals surface area contributed by atoms with Gasteiger partial charge in [-0.25, -0.2) is 4.68 Å². The molecule has 1 amide bonds. The van der Waals surface area contributed by atoms with Gasteiger partial charge in [0, 0.05) is 19.2 Å². The number of aromatic nitrogens is 2. The van der Waals surface area contributed by atoms with Gasteiger partial charge in [-0.2, -0.15) is 5.10 Å². The van der Waals surface area contributed by atoms with Gasteiger partial charge in [-0.15, -0.1) is 0 Å². The number of aryl methyl sites for hydroxylation is 1. The maximum atomic E-state index is 13.2. The summed E-state index contributed by atoms with van der Waals surface area (Å²) in [5.41, 5.74) is 5.04. The van der Waals surface area contributed by atoms with Crippen molar-refractivity contribution < 1.29 is 14.6 Å². The lowest BCUT2D eigenvalue weighted by molar-refractivity contribution is -0.128. The smallest absolute Gasteiger partial charge is 0.226 e. The molecule has 0 bridgehead atoms. The fraction of sp³-hybridized carbons (Fsp3) is 0.333. The summed E-state index contributed by atoms with van der Waals surface area (Å²) in [5, 5.41) is 18.1. The van der Waals surface area contributed by atoms with Crippen molar-refractivity contribution in [2.45, 2.75) is 38.0 Å². The molecule has 1 saturated heterocycles. The van der Waals surface area contributed by atoms with E-state index in [-0.39, 0.29) is 24.0 Å². The first-order valence-corrected chi connectivity index (χ1v) is 10.4. The van der Waals surface area contributed by atoms with Gasteiger partial charge in [0.2, 0.25) is 5.91 Å². The summed E-state index contributed by atoms with van der Waals surface area (Å²) >= 11 is 0. The highest BCUT2D eigenvalue weighted by Crippen LogP contribution is 2.37. The standard InChI is InChI=1S/C24H25N3O3/c1-15-6-2-5-9-19(15)27-20(10-12-25-27)23-18(11-13-30-23)24(29)26-22-17-8-4-3-7-16(17)14-21(22)28/h2-10,12,18,21-23,28H,11,13-14H2,1H3,(H,26,29)/t18-,21+,22-,23-/m0/s1. The molecule has 1 fully saturated rings. The Morgan fingerprint density at radius 2 is 1.97 bits per heavy atom. The van der Waals surface area contributed by atoms with Gasteiger partial charge in [0.15, 0.2) is 0 Å². The van der Waals surface area contributed by atoms with Crippen LogP contribution in [-0.2, 0) is 16.0 Å². The zero-order valence-electron chi connectivity index (χ0n) is 16.9. The van der Waals surface area contributed by atoms with E-state index in [1.54, 1.807) is 6.20 Å². The number of amides is 1. The van der Waals surface area contributed by atoms with E-state index in [1.807, 2.05) is 66.2 Å². The topological polar surface area (TPSA) is 76.4 Å². The minimum atomic E-state index is -0.607. The summed E-state index contributed by atoms with van der Waals surface area (Å²) in [6.07, 6.45) is 1.96. The van der Waals surface area contributed by atoms with Crippen LogP contribution < -0.4 is 5.32 Å². The average Bonchev–Trinajstić information content (AvgIpc) is 3.47. The zero-order valence-corrected chi connectivity index (χ0v) is 16.9. The second-order valence-corrected chi connectivity index (χ2v) is 8.10. The van der Waals surface area contributed by atoms with E-state index >= 15 is 0 Å². The van der Waals surface area contributed by atoms with Crippen LogP contribution >= 0.6 is 0 Å². The number of nitrogens with one attached hydrogen (secondary N) is 1. The summed E-state index contributed by atoms with van der Waals surface area (Å²) in [6.45, 7) is 2.56. The Morgan fingerprint density at radius 3 is 2.83 bits per heavy atom. The predicted molar refractivity (Wildman–Crippen MR) is 112 cm³/mol. The number of fused-ring (bicyclic) bond motifs is 1. The molecule has 2 aliphatic rings. The number of nitrogens with zero attached hydrogens (tertiary/aromatic N) is 2. The first-order chi connectivity index (χ1) is 14.6. The van der Waals surface area contributed by atoms with E-state index in [4.69, 9.17) is 4.74 Å². The lowest BCUT2D eigenvalue weighted by atomic mass is 9.96. The maximum Gasteiger partial charge on any atom is 0.226 e. The van der Waals surface area contributed by atoms with E-state index < -0.39 is 6.10 Å². The molecular formula is C24H25N3O3. The Bertz CT molecular complexity index is 1080. The first kappa shape index (κ1) is 19.0. The molecule has 154 valence electrons. The maximum absolute atomic E-state index is 13.2. The van der Waals surface area contributed by atoms with Crippen LogP contribution in [0.4, 0.5) is 0 Å². The number of carbonyl (C=O) groups is 1. The van der Waals surface area contributed by atoms with Gasteiger partial charge in [0.1, 0.15) is 6.10 Å². The summed E-state index contributed by atoms with van der Waals surface area (Å²) in [7, 11) is 0. The molecule has 4 atom stereocenters. The number of ether oxygens (including phenoxy) is 1. The highest BCUT2D eigenvalue weighted by molar-refractivity contribution is 5.80. The van der Waals surface area contributed by atoms with Crippen molar-refractivity contribution in [2.24, 2.45) is 5.92 Å². The number of para-hydroxylation sites is 1. The number of hydrogen-bond donors (Lipinski definition) is 2. The normalized spacial score (nSPS) is 25.3. The Kier molecular flexibility index (Phi) is 4.89. The lowest BCUT2D eigenvalue weighted by Gasteiger charge is -2.24. The molecule has 1 aliphatic heterocycles. The second kappa shape index (κ2) is 7.70. The predicted octanol–water partition coefficient (Wildman–Crippen LogP) is 3.03. The third-order valence-electron chi connectivity index (χ3n) is 6.24. The summed E-state index contributed by atoms with van der Waals surface area (Å²) < 4.78 is 7.88. The van der Waals surface area contributed by atoms with Crippen molar-refractivity contribution in [3.8, 4) is 5.69 Å². The molecule has 0 unspecified atom stereocenters. The molecule has 2 heterocycles. The van der Waals surface area contributed by atoms with Crippen LogP contribution in [-0.4, -0.2) is 33.5 Å². The molecule has 2 aromatic carbocycles. The summed E-state index contributed by atoms with van der Waals surface area (Å²) in [6, 6.07) is 17.5. The summed E-state index contributed by atoms with van der Waals surface area (Å²) in [5.74, 6) is -0.416. The molecule has 5 rings (SSSR count). The third-order valence-corrected chi connectivity index (χ3v) is 6.24. The molecule has 30 heavy (non-hydrogen) atoms. The van der Waals surface area contributed by atoms with Gasteiger partial charge < -0.3 is 15.2 Å². The lowest BCUT2D eigenvalue weighted by Crippen LogP contribution is -2.39. The molecule has 0 radical (unpaired) electrons. The number of benzene rings is 2. The van der Waals surface area contributed by atoms with Crippen LogP contribution in [0.5, 0.6) is 0 Å². The monoisotopic (exact) mass is 403 g/mol. The Labute approximate surface area is 175 Å². The van der Waals surface area contributed by atoms with Gasteiger partial charge in [0.05, 0.1) is 29.4 Å². The van der Waals surface area contributed by atoms with Gasteiger partial charge in [-0.3, -0.25) is 4.79 Å². The van der Waals surface area contributed by atoms with Gasteiger partial charge in [-0.05, 0) is 42.2 Å². The van der Waals surface area contributed by atoms with Crippen molar-refractivity contribution in [1.29, 1.82) is 0 Å². The molecule has 2 N–H and O–H groups in total. The van der Waals surface area contributed by atoms with Gasteiger partial charge in [-0.1, -0.05) is 42.5 Å². The molecule has 6 nitrogen and oxygen atoms in total. The molecule has 6 heteroatoms. The average molecular weight is 403 g/mol. The largest absolute Gasteiger partial charge is 0.390 e. The highest BCUT2D eigenvalue weighted by Gasteiger charge is 2.40. The number of hydrogen-bond acceptors (Lipinski definition) is 4. The first-order valence-electron chi connectivity index (χ1n) is 10.4. The van der Waals surface area contributed by atoms with Crippen molar-refractivity contribution in [3.05, 3.63) is 83.2 Å². The number of rotatable bonds is 4. The quantitative estimate of drug-likeness (QED) is 0.702. The van der Waals surface area contributed by atoms with Crippen LogP contribution in [0.15, 0.2) is 60.8 Å². The SMILES string of the molecule is Cc1ccccc1-n1nccc1[C@H]1OCC[C@@H]1C(=O)N[C@H]1c2ccccc2C[C@H]1O. The van der Waals surface area contributed by atoms with Crippen LogP contribution in [0.25, 0.3) is 5.69 Å². The molecule has 0 saturated carbocycles. The van der Waals surface area contributed by atoms with Gasteiger partial charge in [0.25, 0.3) is 0 Å². The van der Waals surface area contributed by atoms with E-state index in [0.29, 0.717) is 19.4 Å². The summed E-state index contributed by atoms with van der Waals surface area (Å²) in [4.78, 5) is 13.2. The van der Waals surface area contributed by atoms with Gasteiger partial charge >= 0.3 is 0 Å². The minimum Gasteiger partial charge on any atom is -0.390 e.